The van der Waals surface area contributed by atoms with E-state index in [1.807, 2.05) is 17.7 Å². The number of nitrogens with zero attached hydrogens (tertiary/aromatic N) is 1. The van der Waals surface area contributed by atoms with Crippen LogP contribution in [0.5, 0.6) is 0 Å². The van der Waals surface area contributed by atoms with Crippen molar-refractivity contribution in [3.8, 4) is 33.5 Å². The summed E-state index contributed by atoms with van der Waals surface area (Å²) in [6.45, 7) is 3.47. The lowest BCUT2D eigenvalue weighted by atomic mass is 9.84. The van der Waals surface area contributed by atoms with Crippen LogP contribution in [0, 0.1) is 13.8 Å². The maximum absolute atomic E-state index is 8.80. The Kier molecular flexibility index (Phi) is 3.36. The zero-order chi connectivity index (χ0) is 25.6. The van der Waals surface area contributed by atoms with E-state index in [0.29, 0.717) is 5.56 Å². The molecular weight excluding hydrogens is 386 g/mol. The van der Waals surface area contributed by atoms with Crippen LogP contribution >= 0.6 is 0 Å². The lowest BCUT2D eigenvalue weighted by molar-refractivity contribution is -0.660. The lowest BCUT2D eigenvalue weighted by Crippen LogP contribution is -2.32. The topological polar surface area (TPSA) is 3.88 Å². The van der Waals surface area contributed by atoms with E-state index in [4.69, 9.17) is 5.48 Å². The molecule has 0 fully saturated rings. The highest BCUT2D eigenvalue weighted by Gasteiger charge is 2.35. The zero-order valence-electron chi connectivity index (χ0n) is 23.1. The number of benzene rings is 3. The molecule has 6 rings (SSSR count). The molecule has 1 heterocycles. The summed E-state index contributed by atoms with van der Waals surface area (Å²) < 4.78 is 35.2. The largest absolute Gasteiger partial charge is 0.213 e. The molecule has 0 aliphatic heterocycles. The van der Waals surface area contributed by atoms with E-state index in [0.717, 1.165) is 18.5 Å². The molecule has 2 aliphatic rings. The van der Waals surface area contributed by atoms with E-state index in [2.05, 4.69) is 55.5 Å². The van der Waals surface area contributed by atoms with Crippen LogP contribution in [0.25, 0.3) is 33.5 Å². The quantitative estimate of drug-likeness (QED) is 0.264. The van der Waals surface area contributed by atoms with Crippen LogP contribution in [0.15, 0.2) is 60.8 Å². The van der Waals surface area contributed by atoms with Gasteiger partial charge in [-0.1, -0.05) is 62.4 Å². The van der Waals surface area contributed by atoms with Crippen LogP contribution in [-0.4, -0.2) is 0 Å². The van der Waals surface area contributed by atoms with Crippen LogP contribution < -0.4 is 4.57 Å². The highest BCUT2D eigenvalue weighted by atomic mass is 14.9. The molecule has 0 amide bonds. The highest BCUT2D eigenvalue weighted by molar-refractivity contribution is 5.97. The second kappa shape index (κ2) is 6.90. The van der Waals surface area contributed by atoms with E-state index in [1.54, 1.807) is 20.0 Å². The van der Waals surface area contributed by atoms with E-state index in [-0.39, 0.29) is 5.56 Å². The van der Waals surface area contributed by atoms with Gasteiger partial charge in [0.25, 0.3) is 0 Å². The molecular formula is C31H30N+. The van der Waals surface area contributed by atoms with E-state index in [1.165, 1.54) is 55.6 Å². The summed E-state index contributed by atoms with van der Waals surface area (Å²) in [4.78, 5) is 0. The third-order valence-corrected chi connectivity index (χ3v) is 7.33. The van der Waals surface area contributed by atoms with Gasteiger partial charge in [-0.25, -0.2) is 4.57 Å². The van der Waals surface area contributed by atoms with Crippen LogP contribution in [0.3, 0.4) is 0 Å². The van der Waals surface area contributed by atoms with Gasteiger partial charge in [0.2, 0.25) is 5.69 Å². The minimum absolute atomic E-state index is 0.248. The van der Waals surface area contributed by atoms with Crippen LogP contribution in [0.4, 0.5) is 0 Å². The fraction of sp³-hybridized carbons (Fsp3) is 0.258. The fourth-order valence-corrected chi connectivity index (χ4v) is 5.93. The molecule has 0 unspecified atom stereocenters. The van der Waals surface area contributed by atoms with Crippen molar-refractivity contribution >= 4 is 0 Å². The number of fused-ring (bicyclic) bond motifs is 7. The minimum Gasteiger partial charge on any atom is -0.201 e. The Hall–Kier alpha value is -3.19. The first-order valence-corrected chi connectivity index (χ1v) is 11.4. The number of hydrogen-bond donors (Lipinski definition) is 0. The van der Waals surface area contributed by atoms with Gasteiger partial charge in [-0.05, 0) is 88.1 Å². The highest BCUT2D eigenvalue weighted by Crippen LogP contribution is 2.52. The molecule has 1 heteroatoms. The van der Waals surface area contributed by atoms with Crippen molar-refractivity contribution < 1.29 is 10.1 Å². The summed E-state index contributed by atoms with van der Waals surface area (Å²) in [6, 6.07) is 19.3. The maximum Gasteiger partial charge on any atom is 0.213 e. The number of rotatable bonds is 2. The summed E-state index contributed by atoms with van der Waals surface area (Å²) in [5.41, 5.74) is 14.8. The number of hydrogen-bond acceptors (Lipinski definition) is 0. The molecule has 0 atom stereocenters. The van der Waals surface area contributed by atoms with Gasteiger partial charge in [-0.2, -0.15) is 0 Å². The van der Waals surface area contributed by atoms with Crippen LogP contribution in [0.1, 0.15) is 64.2 Å². The Morgan fingerprint density at radius 1 is 0.875 bits per heavy atom. The van der Waals surface area contributed by atoms with Crippen molar-refractivity contribution in [3.05, 3.63) is 99.7 Å². The van der Waals surface area contributed by atoms with Crippen molar-refractivity contribution in [1.29, 1.82) is 0 Å². The van der Waals surface area contributed by atoms with E-state index >= 15 is 0 Å². The molecule has 158 valence electrons. The number of pyridine rings is 1. The summed E-state index contributed by atoms with van der Waals surface area (Å²) in [6.07, 6.45) is 3.51. The molecule has 0 N–H and O–H groups in total. The van der Waals surface area contributed by atoms with Crippen LogP contribution in [-0.2, 0) is 19.9 Å². The van der Waals surface area contributed by atoms with Gasteiger partial charge in [0.05, 0.1) is 5.56 Å². The average Bonchev–Trinajstić information content (AvgIpc) is 3.37. The fourth-order valence-electron chi connectivity index (χ4n) is 5.93. The minimum atomic E-state index is -2.28. The molecule has 0 spiro atoms. The summed E-state index contributed by atoms with van der Waals surface area (Å²) in [5.74, 6) is -1.05. The van der Waals surface area contributed by atoms with E-state index in [9.17, 15) is 0 Å². The molecule has 0 saturated heterocycles. The van der Waals surface area contributed by atoms with Crippen molar-refractivity contribution in [2.24, 2.45) is 7.05 Å². The first-order valence-electron chi connectivity index (χ1n) is 13.4. The van der Waals surface area contributed by atoms with Gasteiger partial charge >= 0.3 is 0 Å². The number of aryl methyl sites for hydroxylation is 2. The van der Waals surface area contributed by atoms with Crippen LogP contribution in [0.2, 0.25) is 0 Å². The molecule has 1 aromatic heterocycles. The van der Waals surface area contributed by atoms with Gasteiger partial charge in [0.15, 0.2) is 6.20 Å². The van der Waals surface area contributed by atoms with Crippen molar-refractivity contribution in [2.75, 3.05) is 0 Å². The third kappa shape index (κ3) is 2.60. The van der Waals surface area contributed by atoms with Gasteiger partial charge < -0.3 is 0 Å². The summed E-state index contributed by atoms with van der Waals surface area (Å²) >= 11 is 0. The smallest absolute Gasteiger partial charge is 0.201 e. The zero-order valence-corrected chi connectivity index (χ0v) is 19.1. The SMILES string of the molecule is [2H]C([2H])([2H])c1c[n+](C)c(-c2c(C)c3c(c4c2Cc2ccccc2-4)Cc2ccccc2-3)cc1C([2H])(C)C. The molecule has 1 nitrogen and oxygen atoms in total. The number of aromatic nitrogens is 1. The second-order valence-corrected chi connectivity index (χ2v) is 9.47. The Bertz CT molecular complexity index is 1570. The Balaban J connectivity index is 1.73. The molecule has 0 bridgehead atoms. The molecule has 32 heavy (non-hydrogen) atoms. The predicted octanol–water partition coefficient (Wildman–Crippen LogP) is 7.06. The molecule has 0 saturated carbocycles. The van der Waals surface area contributed by atoms with Crippen molar-refractivity contribution in [1.82, 2.24) is 0 Å². The molecule has 0 radical (unpaired) electrons. The summed E-state index contributed by atoms with van der Waals surface area (Å²) in [5, 5.41) is 0. The van der Waals surface area contributed by atoms with Gasteiger partial charge in [-0.3, -0.25) is 0 Å². The summed E-state index contributed by atoms with van der Waals surface area (Å²) in [7, 11) is 1.93. The normalized spacial score (nSPS) is 15.8. The second-order valence-electron chi connectivity index (χ2n) is 9.47. The Morgan fingerprint density at radius 2 is 1.47 bits per heavy atom. The monoisotopic (exact) mass is 420 g/mol. The van der Waals surface area contributed by atoms with Gasteiger partial charge in [-0.15, -0.1) is 0 Å². The Morgan fingerprint density at radius 3 is 2.09 bits per heavy atom. The third-order valence-electron chi connectivity index (χ3n) is 7.33. The van der Waals surface area contributed by atoms with Crippen molar-refractivity contribution in [2.45, 2.75) is 46.4 Å². The molecule has 2 aliphatic carbocycles. The van der Waals surface area contributed by atoms with Gasteiger partial charge in [0.1, 0.15) is 7.05 Å². The first-order chi connectivity index (χ1) is 17.0. The maximum atomic E-state index is 8.80. The molecule has 3 aromatic carbocycles. The van der Waals surface area contributed by atoms with Gasteiger partial charge in [0, 0.05) is 17.1 Å². The van der Waals surface area contributed by atoms with E-state index < -0.39 is 12.7 Å². The predicted molar refractivity (Wildman–Crippen MR) is 133 cm³/mol. The standard InChI is InChI=1S/C31H30N/c1-18(2)25-16-28(32(5)17-19(25)3)30-20(4)29-23-12-8-6-10-21(23)14-26(29)31-24-13-9-7-11-22(24)15-27(30)31/h6-13,16-18H,14-15H2,1-5H3/q+1/i3D3,18D. The van der Waals surface area contributed by atoms with Crippen molar-refractivity contribution in [3.63, 3.8) is 0 Å². The average molecular weight is 421 g/mol. The Labute approximate surface area is 197 Å². The lowest BCUT2D eigenvalue weighted by Gasteiger charge is -2.19. The first kappa shape index (κ1) is 15.6. The molecule has 4 aromatic rings.